The van der Waals surface area contributed by atoms with Gasteiger partial charge in [0.05, 0.1) is 0 Å². The summed E-state index contributed by atoms with van der Waals surface area (Å²) < 4.78 is 15.5. The summed E-state index contributed by atoms with van der Waals surface area (Å²) in [7, 11) is 1.56. The number of hydrogen-bond donors (Lipinski definition) is 1. The number of aryl methyl sites for hydroxylation is 1. The molecule has 1 amide bonds. The third kappa shape index (κ3) is 4.20. The van der Waals surface area contributed by atoms with E-state index in [1.807, 2.05) is 6.92 Å². The van der Waals surface area contributed by atoms with Crippen LogP contribution in [0.3, 0.4) is 0 Å². The van der Waals surface area contributed by atoms with Crippen molar-refractivity contribution in [1.82, 2.24) is 10.2 Å². The van der Waals surface area contributed by atoms with E-state index in [1.54, 1.807) is 25.3 Å². The first-order valence-corrected chi connectivity index (χ1v) is 8.15. The van der Waals surface area contributed by atoms with Gasteiger partial charge in [0, 0.05) is 24.6 Å². The van der Waals surface area contributed by atoms with Gasteiger partial charge in [-0.3, -0.25) is 10.1 Å². The number of carbonyl (C=O) groups is 1. The van der Waals surface area contributed by atoms with Crippen molar-refractivity contribution >= 4 is 33.3 Å². The van der Waals surface area contributed by atoms with E-state index in [2.05, 4.69) is 15.5 Å². The van der Waals surface area contributed by atoms with E-state index in [-0.39, 0.29) is 12.5 Å². The second-order valence-corrected chi connectivity index (χ2v) is 6.24. The van der Waals surface area contributed by atoms with E-state index in [0.717, 1.165) is 10.9 Å². The SMILES string of the molecule is COCc1nnc(NC(=O)COc2ccc3c(C)cc(=O)oc3c2)s1. The highest BCUT2D eigenvalue weighted by Gasteiger charge is 2.10. The summed E-state index contributed by atoms with van der Waals surface area (Å²) in [5.74, 6) is 0.0552. The molecule has 0 aliphatic carbocycles. The zero-order chi connectivity index (χ0) is 17.8. The van der Waals surface area contributed by atoms with Crippen LogP contribution < -0.4 is 15.7 Å². The fraction of sp³-hybridized carbons (Fsp3) is 0.250. The van der Waals surface area contributed by atoms with Crippen molar-refractivity contribution in [1.29, 1.82) is 0 Å². The molecule has 8 nitrogen and oxygen atoms in total. The van der Waals surface area contributed by atoms with Crippen LogP contribution in [0.5, 0.6) is 5.75 Å². The lowest BCUT2D eigenvalue weighted by Crippen LogP contribution is -2.20. The molecule has 0 saturated carbocycles. The molecule has 2 aromatic heterocycles. The smallest absolute Gasteiger partial charge is 0.336 e. The van der Waals surface area contributed by atoms with Gasteiger partial charge in [0.15, 0.2) is 6.61 Å². The van der Waals surface area contributed by atoms with Crippen molar-refractivity contribution in [2.24, 2.45) is 0 Å². The quantitative estimate of drug-likeness (QED) is 0.671. The minimum Gasteiger partial charge on any atom is -0.484 e. The first kappa shape index (κ1) is 17.1. The van der Waals surface area contributed by atoms with Crippen molar-refractivity contribution in [2.75, 3.05) is 19.0 Å². The number of amides is 1. The summed E-state index contributed by atoms with van der Waals surface area (Å²) in [6.45, 7) is 1.96. The van der Waals surface area contributed by atoms with Gasteiger partial charge in [-0.25, -0.2) is 4.79 Å². The van der Waals surface area contributed by atoms with Crippen LogP contribution in [0.2, 0.25) is 0 Å². The number of nitrogens with zero attached hydrogens (tertiary/aromatic N) is 2. The Kier molecular flexibility index (Phi) is 5.05. The Hall–Kier alpha value is -2.78. The molecule has 0 saturated heterocycles. The molecule has 0 unspecified atom stereocenters. The number of fused-ring (bicyclic) bond motifs is 1. The van der Waals surface area contributed by atoms with Gasteiger partial charge in [0.1, 0.15) is 22.9 Å². The standard InChI is InChI=1S/C16H15N3O5S/c1-9-5-15(21)24-12-6-10(3-4-11(9)12)23-7-13(20)17-16-19-18-14(25-16)8-22-2/h3-6H,7-8H2,1-2H3,(H,17,19,20). The Balaban J connectivity index is 1.63. The van der Waals surface area contributed by atoms with Crippen LogP contribution in [0.15, 0.2) is 33.5 Å². The molecule has 0 bridgehead atoms. The maximum atomic E-state index is 11.9. The maximum Gasteiger partial charge on any atom is 0.336 e. The van der Waals surface area contributed by atoms with Crippen LogP contribution in [-0.4, -0.2) is 29.8 Å². The molecule has 0 spiro atoms. The van der Waals surface area contributed by atoms with Crippen molar-refractivity contribution in [2.45, 2.75) is 13.5 Å². The Morgan fingerprint density at radius 3 is 2.96 bits per heavy atom. The Bertz CT molecular complexity index is 966. The molecule has 130 valence electrons. The van der Waals surface area contributed by atoms with Gasteiger partial charge in [0.2, 0.25) is 5.13 Å². The fourth-order valence-corrected chi connectivity index (χ4v) is 2.91. The first-order chi connectivity index (χ1) is 12.0. The number of rotatable bonds is 6. The van der Waals surface area contributed by atoms with Gasteiger partial charge in [-0.1, -0.05) is 11.3 Å². The second-order valence-electron chi connectivity index (χ2n) is 5.18. The summed E-state index contributed by atoms with van der Waals surface area (Å²) >= 11 is 1.23. The molecule has 1 N–H and O–H groups in total. The molecule has 0 aliphatic heterocycles. The molecule has 9 heteroatoms. The van der Waals surface area contributed by atoms with Gasteiger partial charge < -0.3 is 13.9 Å². The van der Waals surface area contributed by atoms with Crippen LogP contribution in [0.4, 0.5) is 5.13 Å². The number of anilines is 1. The Morgan fingerprint density at radius 2 is 2.16 bits per heavy atom. The summed E-state index contributed by atoms with van der Waals surface area (Å²) in [6, 6.07) is 6.50. The number of nitrogens with one attached hydrogen (secondary N) is 1. The highest BCUT2D eigenvalue weighted by atomic mass is 32.1. The minimum atomic E-state index is -0.428. The molecule has 0 atom stereocenters. The Labute approximate surface area is 146 Å². The predicted octanol–water partition coefficient (Wildman–Crippen LogP) is 2.12. The average molecular weight is 361 g/mol. The lowest BCUT2D eigenvalue weighted by molar-refractivity contribution is -0.118. The summed E-state index contributed by atoms with van der Waals surface area (Å²) in [6.07, 6.45) is 0. The average Bonchev–Trinajstić information content (AvgIpc) is 3.00. The summed E-state index contributed by atoms with van der Waals surface area (Å²) in [5, 5.41) is 12.2. The van der Waals surface area contributed by atoms with Gasteiger partial charge in [-0.2, -0.15) is 0 Å². The van der Waals surface area contributed by atoms with Gasteiger partial charge in [-0.05, 0) is 24.6 Å². The summed E-state index contributed by atoms with van der Waals surface area (Å²) in [5.41, 5.74) is 0.804. The molecule has 2 heterocycles. The van der Waals surface area contributed by atoms with Crippen molar-refractivity contribution in [3.8, 4) is 5.75 Å². The summed E-state index contributed by atoms with van der Waals surface area (Å²) in [4.78, 5) is 23.4. The van der Waals surface area contributed by atoms with E-state index in [4.69, 9.17) is 13.9 Å². The topological polar surface area (TPSA) is 104 Å². The van der Waals surface area contributed by atoms with Crippen molar-refractivity contribution < 1.29 is 18.7 Å². The lowest BCUT2D eigenvalue weighted by Gasteiger charge is -2.07. The highest BCUT2D eigenvalue weighted by Crippen LogP contribution is 2.22. The van der Waals surface area contributed by atoms with Crippen LogP contribution in [-0.2, 0) is 16.1 Å². The molecule has 0 radical (unpaired) electrons. The molecule has 3 rings (SSSR count). The monoisotopic (exact) mass is 361 g/mol. The van der Waals surface area contributed by atoms with Crippen LogP contribution in [0.25, 0.3) is 11.0 Å². The molecular weight excluding hydrogens is 346 g/mol. The second kappa shape index (κ2) is 7.41. The molecule has 25 heavy (non-hydrogen) atoms. The molecular formula is C16H15N3O5S. The van der Waals surface area contributed by atoms with Crippen LogP contribution >= 0.6 is 11.3 Å². The number of benzene rings is 1. The van der Waals surface area contributed by atoms with E-state index >= 15 is 0 Å². The minimum absolute atomic E-state index is 0.208. The number of ether oxygens (including phenoxy) is 2. The first-order valence-electron chi connectivity index (χ1n) is 7.33. The van der Waals surface area contributed by atoms with E-state index < -0.39 is 5.63 Å². The highest BCUT2D eigenvalue weighted by molar-refractivity contribution is 7.15. The number of aromatic nitrogens is 2. The van der Waals surface area contributed by atoms with Crippen LogP contribution in [0.1, 0.15) is 10.6 Å². The van der Waals surface area contributed by atoms with E-state index in [1.165, 1.54) is 17.4 Å². The molecule has 0 fully saturated rings. The lowest BCUT2D eigenvalue weighted by atomic mass is 10.1. The number of methoxy groups -OCH3 is 1. The van der Waals surface area contributed by atoms with Gasteiger partial charge >= 0.3 is 5.63 Å². The maximum absolute atomic E-state index is 11.9. The van der Waals surface area contributed by atoms with Gasteiger partial charge in [0.25, 0.3) is 5.91 Å². The normalized spacial score (nSPS) is 10.8. The zero-order valence-corrected chi connectivity index (χ0v) is 14.4. The molecule has 1 aromatic carbocycles. The largest absolute Gasteiger partial charge is 0.484 e. The number of carbonyl (C=O) groups excluding carboxylic acids is 1. The van der Waals surface area contributed by atoms with Crippen molar-refractivity contribution in [3.63, 3.8) is 0 Å². The fourth-order valence-electron chi connectivity index (χ4n) is 2.19. The molecule has 0 aliphatic rings. The number of hydrogen-bond acceptors (Lipinski definition) is 8. The van der Waals surface area contributed by atoms with E-state index in [0.29, 0.717) is 28.1 Å². The van der Waals surface area contributed by atoms with Crippen molar-refractivity contribution in [3.05, 3.63) is 45.3 Å². The van der Waals surface area contributed by atoms with E-state index in [9.17, 15) is 9.59 Å². The Morgan fingerprint density at radius 1 is 1.32 bits per heavy atom. The van der Waals surface area contributed by atoms with Gasteiger partial charge in [-0.15, -0.1) is 10.2 Å². The van der Waals surface area contributed by atoms with Crippen LogP contribution in [0, 0.1) is 6.92 Å². The third-order valence-electron chi connectivity index (χ3n) is 3.27. The zero-order valence-electron chi connectivity index (χ0n) is 13.6. The third-order valence-corrected chi connectivity index (χ3v) is 4.09. The molecule has 3 aromatic rings. The predicted molar refractivity (Wildman–Crippen MR) is 92.0 cm³/mol.